The minimum absolute atomic E-state index is 0.113. The molecule has 0 saturated carbocycles. The van der Waals surface area contributed by atoms with Crippen LogP contribution in [0.15, 0.2) is 30.3 Å². The lowest BCUT2D eigenvalue weighted by atomic mass is 10.2. The van der Waals surface area contributed by atoms with E-state index in [1.807, 2.05) is 0 Å². The molecule has 18 heavy (non-hydrogen) atoms. The molecular formula is C12H8F4N2. The van der Waals surface area contributed by atoms with Gasteiger partial charge >= 0.3 is 0 Å². The third-order valence-electron chi connectivity index (χ3n) is 2.32. The molecule has 0 unspecified atom stereocenters. The lowest BCUT2D eigenvalue weighted by Crippen LogP contribution is -2.03. The fourth-order valence-electron chi connectivity index (χ4n) is 1.42. The van der Waals surface area contributed by atoms with E-state index < -0.39 is 29.0 Å². The minimum Gasteiger partial charge on any atom is -0.397 e. The number of hydrogen-bond donors (Lipinski definition) is 2. The zero-order chi connectivity index (χ0) is 13.3. The summed E-state index contributed by atoms with van der Waals surface area (Å²) in [5, 5.41) is 2.24. The van der Waals surface area contributed by atoms with E-state index in [1.165, 1.54) is 0 Å². The molecule has 0 aliphatic rings. The second-order valence-electron chi connectivity index (χ2n) is 3.57. The minimum atomic E-state index is -1.25. The summed E-state index contributed by atoms with van der Waals surface area (Å²) in [6, 6.07) is 4.56. The van der Waals surface area contributed by atoms with Crippen LogP contribution >= 0.6 is 0 Å². The summed E-state index contributed by atoms with van der Waals surface area (Å²) in [4.78, 5) is 0. The predicted molar refractivity (Wildman–Crippen MR) is 60.4 cm³/mol. The van der Waals surface area contributed by atoms with Crippen molar-refractivity contribution in [1.29, 1.82) is 0 Å². The van der Waals surface area contributed by atoms with Crippen LogP contribution in [0.5, 0.6) is 0 Å². The van der Waals surface area contributed by atoms with Gasteiger partial charge in [0.1, 0.15) is 17.3 Å². The first-order valence-corrected chi connectivity index (χ1v) is 4.94. The molecule has 0 saturated heterocycles. The van der Waals surface area contributed by atoms with Gasteiger partial charge in [0.05, 0.1) is 11.4 Å². The van der Waals surface area contributed by atoms with Gasteiger partial charge < -0.3 is 11.1 Å². The van der Waals surface area contributed by atoms with E-state index in [1.54, 1.807) is 0 Å². The van der Waals surface area contributed by atoms with Crippen LogP contribution in [0.25, 0.3) is 0 Å². The molecule has 0 radical (unpaired) electrons. The van der Waals surface area contributed by atoms with Crippen molar-refractivity contribution in [2.24, 2.45) is 0 Å². The molecular weight excluding hydrogens is 248 g/mol. The lowest BCUT2D eigenvalue weighted by molar-refractivity contribution is 0.512. The zero-order valence-electron chi connectivity index (χ0n) is 8.98. The van der Waals surface area contributed by atoms with Crippen LogP contribution in [0, 0.1) is 23.3 Å². The van der Waals surface area contributed by atoms with Gasteiger partial charge in [-0.05, 0) is 24.3 Å². The topological polar surface area (TPSA) is 38.0 Å². The third kappa shape index (κ3) is 2.22. The highest BCUT2D eigenvalue weighted by Crippen LogP contribution is 2.29. The number of halogens is 4. The highest BCUT2D eigenvalue weighted by molar-refractivity contribution is 5.73. The van der Waals surface area contributed by atoms with Crippen molar-refractivity contribution in [3.63, 3.8) is 0 Å². The van der Waals surface area contributed by atoms with Crippen molar-refractivity contribution in [2.45, 2.75) is 0 Å². The summed E-state index contributed by atoms with van der Waals surface area (Å²) in [6.45, 7) is 0. The van der Waals surface area contributed by atoms with Gasteiger partial charge in [0, 0.05) is 6.07 Å². The molecule has 0 amide bonds. The van der Waals surface area contributed by atoms with Gasteiger partial charge in [-0.15, -0.1) is 0 Å². The van der Waals surface area contributed by atoms with Crippen molar-refractivity contribution in [3.05, 3.63) is 53.6 Å². The summed E-state index contributed by atoms with van der Waals surface area (Å²) in [6.07, 6.45) is 0. The van der Waals surface area contributed by atoms with Crippen LogP contribution in [0.4, 0.5) is 34.6 Å². The molecule has 0 bridgehead atoms. The molecule has 6 heteroatoms. The quantitative estimate of drug-likeness (QED) is 0.636. The molecule has 0 heterocycles. The normalized spacial score (nSPS) is 10.4. The molecule has 0 atom stereocenters. The van der Waals surface area contributed by atoms with E-state index in [0.717, 1.165) is 30.3 Å². The number of nitrogens with one attached hydrogen (secondary N) is 1. The Bertz CT molecular complexity index is 599. The number of rotatable bonds is 2. The Morgan fingerprint density at radius 3 is 2.28 bits per heavy atom. The van der Waals surface area contributed by atoms with Gasteiger partial charge in [0.2, 0.25) is 0 Å². The summed E-state index contributed by atoms with van der Waals surface area (Å²) >= 11 is 0. The van der Waals surface area contributed by atoms with Crippen molar-refractivity contribution in [2.75, 3.05) is 11.1 Å². The Labute approximate surface area is 100 Å². The number of benzene rings is 2. The van der Waals surface area contributed by atoms with Crippen molar-refractivity contribution in [1.82, 2.24) is 0 Å². The third-order valence-corrected chi connectivity index (χ3v) is 2.32. The van der Waals surface area contributed by atoms with Gasteiger partial charge in [0.25, 0.3) is 0 Å². The van der Waals surface area contributed by atoms with Crippen LogP contribution in [-0.4, -0.2) is 0 Å². The van der Waals surface area contributed by atoms with Crippen LogP contribution in [0.3, 0.4) is 0 Å². The first-order chi connectivity index (χ1) is 8.49. The summed E-state index contributed by atoms with van der Waals surface area (Å²) < 4.78 is 52.7. The van der Waals surface area contributed by atoms with E-state index in [9.17, 15) is 17.6 Å². The highest BCUT2D eigenvalue weighted by atomic mass is 19.2. The number of anilines is 3. The van der Waals surface area contributed by atoms with E-state index in [2.05, 4.69) is 5.32 Å². The average molecular weight is 256 g/mol. The zero-order valence-corrected chi connectivity index (χ0v) is 8.98. The molecule has 94 valence electrons. The standard InChI is InChI=1S/C12H8F4N2/c13-6-1-2-7(14)10(5-6)18-12-9(17)4-3-8(15)11(12)16/h1-5,18H,17H2. The first-order valence-electron chi connectivity index (χ1n) is 4.94. The van der Waals surface area contributed by atoms with E-state index in [4.69, 9.17) is 5.73 Å². The van der Waals surface area contributed by atoms with Crippen molar-refractivity contribution < 1.29 is 17.6 Å². The summed E-state index contributed by atoms with van der Waals surface area (Å²) in [7, 11) is 0. The first kappa shape index (κ1) is 12.2. The van der Waals surface area contributed by atoms with Crippen molar-refractivity contribution in [3.8, 4) is 0 Å². The molecule has 2 rings (SSSR count). The molecule has 0 aromatic heterocycles. The van der Waals surface area contributed by atoms with Crippen molar-refractivity contribution >= 4 is 17.1 Å². The molecule has 0 spiro atoms. The lowest BCUT2D eigenvalue weighted by Gasteiger charge is -2.11. The molecule has 0 aliphatic carbocycles. The van der Waals surface area contributed by atoms with Gasteiger partial charge in [-0.1, -0.05) is 0 Å². The Balaban J connectivity index is 2.46. The van der Waals surface area contributed by atoms with Gasteiger partial charge in [-0.2, -0.15) is 0 Å². The maximum Gasteiger partial charge on any atom is 0.184 e. The smallest absolute Gasteiger partial charge is 0.184 e. The average Bonchev–Trinajstić information content (AvgIpc) is 2.34. The highest BCUT2D eigenvalue weighted by Gasteiger charge is 2.14. The predicted octanol–water partition coefficient (Wildman–Crippen LogP) is 3.57. The second kappa shape index (κ2) is 4.56. The summed E-state index contributed by atoms with van der Waals surface area (Å²) in [5.74, 6) is -3.91. The number of hydrogen-bond acceptors (Lipinski definition) is 2. The number of nitrogen functional groups attached to an aromatic ring is 1. The molecule has 2 aromatic carbocycles. The Morgan fingerprint density at radius 1 is 0.889 bits per heavy atom. The van der Waals surface area contributed by atoms with E-state index in [0.29, 0.717) is 0 Å². The van der Waals surface area contributed by atoms with Gasteiger partial charge in [-0.25, -0.2) is 17.6 Å². The van der Waals surface area contributed by atoms with E-state index in [-0.39, 0.29) is 11.4 Å². The maximum atomic E-state index is 13.4. The molecule has 2 aromatic rings. The Hall–Kier alpha value is -2.24. The van der Waals surface area contributed by atoms with Crippen LogP contribution in [0.1, 0.15) is 0 Å². The largest absolute Gasteiger partial charge is 0.397 e. The monoisotopic (exact) mass is 256 g/mol. The molecule has 0 fully saturated rings. The molecule has 3 N–H and O–H groups in total. The molecule has 2 nitrogen and oxygen atoms in total. The number of nitrogens with two attached hydrogens (primary N) is 1. The Morgan fingerprint density at radius 2 is 1.56 bits per heavy atom. The summed E-state index contributed by atoms with van der Waals surface area (Å²) in [5.41, 5.74) is 4.57. The van der Waals surface area contributed by atoms with Crippen LogP contribution < -0.4 is 11.1 Å². The van der Waals surface area contributed by atoms with Gasteiger partial charge in [-0.3, -0.25) is 0 Å². The SMILES string of the molecule is Nc1ccc(F)c(F)c1Nc1cc(F)ccc1F. The Kier molecular flexibility index (Phi) is 3.10. The maximum absolute atomic E-state index is 13.4. The molecule has 0 aliphatic heterocycles. The second-order valence-corrected chi connectivity index (χ2v) is 3.57. The van der Waals surface area contributed by atoms with Crippen LogP contribution in [0.2, 0.25) is 0 Å². The van der Waals surface area contributed by atoms with E-state index >= 15 is 0 Å². The fraction of sp³-hybridized carbons (Fsp3) is 0. The fourth-order valence-corrected chi connectivity index (χ4v) is 1.42. The van der Waals surface area contributed by atoms with Crippen LogP contribution in [-0.2, 0) is 0 Å². The van der Waals surface area contributed by atoms with Gasteiger partial charge in [0.15, 0.2) is 11.6 Å².